The van der Waals surface area contributed by atoms with Crippen LogP contribution in [0.1, 0.15) is 38.4 Å². The van der Waals surface area contributed by atoms with Gasteiger partial charge in [-0.3, -0.25) is 4.79 Å². The third-order valence-corrected chi connectivity index (χ3v) is 7.77. The quantitative estimate of drug-likeness (QED) is 0.513. The number of hydrogen-bond acceptors (Lipinski definition) is 5. The zero-order valence-corrected chi connectivity index (χ0v) is 19.9. The molecule has 2 aromatic carbocycles. The summed E-state index contributed by atoms with van der Waals surface area (Å²) >= 11 is 0. The van der Waals surface area contributed by atoms with E-state index in [0.717, 1.165) is 37.1 Å². The standard InChI is InChI=1S/C24H30N4O4S/c1-3-13-28-22-10-9-20(33(30,31)27-14-4-5-15-27)17-21(22)26-23(28)11-12-24(29)25-18-7-6-8-19(16-18)32-2/h6-10,16-17H,3-5,11-15H2,1-2H3,(H,25,29). The van der Waals surface area contributed by atoms with E-state index in [1.54, 1.807) is 29.6 Å². The molecule has 1 aliphatic heterocycles. The smallest absolute Gasteiger partial charge is 0.243 e. The number of nitrogens with one attached hydrogen (secondary N) is 1. The van der Waals surface area contributed by atoms with Gasteiger partial charge in [0.25, 0.3) is 0 Å². The van der Waals surface area contributed by atoms with E-state index in [9.17, 15) is 13.2 Å². The van der Waals surface area contributed by atoms with Crippen LogP contribution in [0.5, 0.6) is 5.75 Å². The van der Waals surface area contributed by atoms with E-state index in [4.69, 9.17) is 9.72 Å². The first kappa shape index (κ1) is 23.3. The van der Waals surface area contributed by atoms with Gasteiger partial charge in [-0.1, -0.05) is 13.0 Å². The molecule has 176 valence electrons. The molecule has 9 heteroatoms. The number of benzene rings is 2. The van der Waals surface area contributed by atoms with Gasteiger partial charge in [-0.05, 0) is 49.6 Å². The van der Waals surface area contributed by atoms with Gasteiger partial charge < -0.3 is 14.6 Å². The Bertz CT molecular complexity index is 1250. The molecule has 0 atom stereocenters. The topological polar surface area (TPSA) is 93.5 Å². The largest absolute Gasteiger partial charge is 0.497 e. The van der Waals surface area contributed by atoms with Crippen molar-refractivity contribution in [3.05, 3.63) is 48.3 Å². The molecule has 0 spiro atoms. The van der Waals surface area contributed by atoms with Gasteiger partial charge in [0, 0.05) is 44.2 Å². The summed E-state index contributed by atoms with van der Waals surface area (Å²) in [5.74, 6) is 1.34. The van der Waals surface area contributed by atoms with Crippen molar-refractivity contribution in [1.82, 2.24) is 13.9 Å². The van der Waals surface area contributed by atoms with Crippen LogP contribution < -0.4 is 10.1 Å². The van der Waals surface area contributed by atoms with Crippen LogP contribution in [-0.4, -0.2) is 48.4 Å². The van der Waals surface area contributed by atoms with Gasteiger partial charge in [0.05, 0.1) is 23.0 Å². The van der Waals surface area contributed by atoms with Crippen LogP contribution in [0, 0.1) is 0 Å². The Morgan fingerprint density at radius 2 is 1.94 bits per heavy atom. The highest BCUT2D eigenvalue weighted by atomic mass is 32.2. The molecule has 1 amide bonds. The Labute approximate surface area is 194 Å². The number of rotatable bonds is 9. The number of anilines is 1. The van der Waals surface area contributed by atoms with Crippen molar-refractivity contribution >= 4 is 32.7 Å². The summed E-state index contributed by atoms with van der Waals surface area (Å²) < 4.78 is 34.7. The Morgan fingerprint density at radius 1 is 1.15 bits per heavy atom. The first-order valence-electron chi connectivity index (χ1n) is 11.4. The van der Waals surface area contributed by atoms with E-state index in [2.05, 4.69) is 16.8 Å². The van der Waals surface area contributed by atoms with E-state index in [-0.39, 0.29) is 17.2 Å². The van der Waals surface area contributed by atoms with Crippen LogP contribution in [0.25, 0.3) is 11.0 Å². The minimum Gasteiger partial charge on any atom is -0.497 e. The van der Waals surface area contributed by atoms with Crippen LogP contribution in [0.2, 0.25) is 0 Å². The van der Waals surface area contributed by atoms with E-state index < -0.39 is 10.0 Å². The van der Waals surface area contributed by atoms with E-state index >= 15 is 0 Å². The van der Waals surface area contributed by atoms with Crippen molar-refractivity contribution in [2.24, 2.45) is 0 Å². The maximum atomic E-state index is 13.0. The highest BCUT2D eigenvalue weighted by Gasteiger charge is 2.27. The van der Waals surface area contributed by atoms with Crippen molar-refractivity contribution in [2.75, 3.05) is 25.5 Å². The molecule has 4 rings (SSSR count). The molecule has 0 aliphatic carbocycles. The number of sulfonamides is 1. The lowest BCUT2D eigenvalue weighted by Gasteiger charge is -2.15. The fraction of sp³-hybridized carbons (Fsp3) is 0.417. The maximum Gasteiger partial charge on any atom is 0.243 e. The highest BCUT2D eigenvalue weighted by Crippen LogP contribution is 2.26. The number of fused-ring (bicyclic) bond motifs is 1. The van der Waals surface area contributed by atoms with Crippen molar-refractivity contribution in [3.8, 4) is 5.75 Å². The Morgan fingerprint density at radius 3 is 2.67 bits per heavy atom. The molecule has 1 aliphatic rings. The summed E-state index contributed by atoms with van der Waals surface area (Å²) in [4.78, 5) is 17.5. The van der Waals surface area contributed by atoms with Crippen LogP contribution in [0.3, 0.4) is 0 Å². The second-order valence-electron chi connectivity index (χ2n) is 8.22. The summed E-state index contributed by atoms with van der Waals surface area (Å²) in [6.45, 7) is 3.97. The van der Waals surface area contributed by atoms with Gasteiger partial charge >= 0.3 is 0 Å². The minimum atomic E-state index is -3.50. The molecule has 8 nitrogen and oxygen atoms in total. The number of carbonyl (C=O) groups is 1. The molecule has 3 aromatic rings. The summed E-state index contributed by atoms with van der Waals surface area (Å²) in [7, 11) is -1.92. The van der Waals surface area contributed by atoms with Gasteiger partial charge in [0.1, 0.15) is 11.6 Å². The van der Waals surface area contributed by atoms with Crippen LogP contribution >= 0.6 is 0 Å². The minimum absolute atomic E-state index is 0.115. The number of ether oxygens (including phenoxy) is 1. The third-order valence-electron chi connectivity index (χ3n) is 5.88. The number of aryl methyl sites for hydroxylation is 2. The predicted molar refractivity (Wildman–Crippen MR) is 128 cm³/mol. The number of nitrogens with zero attached hydrogens (tertiary/aromatic N) is 3. The number of hydrogen-bond donors (Lipinski definition) is 1. The van der Waals surface area contributed by atoms with Crippen molar-refractivity contribution < 1.29 is 17.9 Å². The number of carbonyl (C=O) groups excluding carboxylic acids is 1. The molecule has 1 saturated heterocycles. The predicted octanol–water partition coefficient (Wildman–Crippen LogP) is 3.81. The molecule has 33 heavy (non-hydrogen) atoms. The van der Waals surface area contributed by atoms with Crippen LogP contribution in [-0.2, 0) is 27.8 Å². The lowest BCUT2D eigenvalue weighted by atomic mass is 10.2. The maximum absolute atomic E-state index is 13.0. The van der Waals surface area contributed by atoms with Crippen molar-refractivity contribution in [1.29, 1.82) is 0 Å². The fourth-order valence-electron chi connectivity index (χ4n) is 4.21. The molecular formula is C24H30N4O4S. The molecule has 0 bridgehead atoms. The van der Waals surface area contributed by atoms with Gasteiger partial charge in [-0.2, -0.15) is 4.31 Å². The molecule has 2 heterocycles. The van der Waals surface area contributed by atoms with Crippen molar-refractivity contribution in [2.45, 2.75) is 50.5 Å². The molecular weight excluding hydrogens is 440 g/mol. The first-order valence-corrected chi connectivity index (χ1v) is 12.8. The average Bonchev–Trinajstić information content (AvgIpc) is 3.47. The molecule has 0 radical (unpaired) electrons. The van der Waals surface area contributed by atoms with E-state index in [1.807, 2.05) is 24.3 Å². The Balaban J connectivity index is 1.53. The summed E-state index contributed by atoms with van der Waals surface area (Å²) in [5.41, 5.74) is 2.21. The van der Waals surface area contributed by atoms with Crippen molar-refractivity contribution in [3.63, 3.8) is 0 Å². The summed E-state index contributed by atoms with van der Waals surface area (Å²) in [5, 5.41) is 2.89. The average molecular weight is 471 g/mol. The monoisotopic (exact) mass is 470 g/mol. The van der Waals surface area contributed by atoms with Gasteiger partial charge in [0.2, 0.25) is 15.9 Å². The normalized spacial score (nSPS) is 14.6. The second kappa shape index (κ2) is 9.93. The van der Waals surface area contributed by atoms with E-state index in [0.29, 0.717) is 36.5 Å². The Hall–Kier alpha value is -2.91. The van der Waals surface area contributed by atoms with Crippen LogP contribution in [0.4, 0.5) is 5.69 Å². The van der Waals surface area contributed by atoms with Gasteiger partial charge in [0.15, 0.2) is 0 Å². The Kier molecular flexibility index (Phi) is 6.99. The number of imidazole rings is 1. The van der Waals surface area contributed by atoms with Gasteiger partial charge in [-0.25, -0.2) is 13.4 Å². The van der Waals surface area contributed by atoms with E-state index in [1.165, 1.54) is 0 Å². The zero-order valence-electron chi connectivity index (χ0n) is 19.1. The third kappa shape index (κ3) is 5.04. The lowest BCUT2D eigenvalue weighted by Crippen LogP contribution is -2.27. The first-order chi connectivity index (χ1) is 15.9. The molecule has 0 saturated carbocycles. The summed E-state index contributed by atoms with van der Waals surface area (Å²) in [6, 6.07) is 12.4. The second-order valence-corrected chi connectivity index (χ2v) is 10.2. The molecule has 1 N–H and O–H groups in total. The highest BCUT2D eigenvalue weighted by molar-refractivity contribution is 7.89. The zero-order chi connectivity index (χ0) is 23.4. The van der Waals surface area contributed by atoms with Crippen LogP contribution in [0.15, 0.2) is 47.4 Å². The molecule has 1 fully saturated rings. The number of aromatic nitrogens is 2. The molecule has 1 aromatic heterocycles. The fourth-order valence-corrected chi connectivity index (χ4v) is 5.75. The lowest BCUT2D eigenvalue weighted by molar-refractivity contribution is -0.116. The molecule has 0 unspecified atom stereocenters. The SMILES string of the molecule is CCCn1c(CCC(=O)Nc2cccc(OC)c2)nc2cc(S(=O)(=O)N3CCCC3)ccc21. The number of amides is 1. The summed E-state index contributed by atoms with van der Waals surface area (Å²) in [6.07, 6.45) is 3.42. The van der Waals surface area contributed by atoms with Gasteiger partial charge in [-0.15, -0.1) is 0 Å². The number of methoxy groups -OCH3 is 1.